The van der Waals surface area contributed by atoms with E-state index in [0.717, 1.165) is 36.7 Å². The monoisotopic (exact) mass is 208 g/mol. The predicted molar refractivity (Wildman–Crippen MR) is 62.8 cm³/mol. The molecule has 3 N–H and O–H groups in total. The number of aromatic nitrogens is 2. The number of hydrogen-bond donors (Lipinski definition) is 2. The Kier molecular flexibility index (Phi) is 4.49. The Hall–Kier alpha value is -1.16. The molecular weight excluding hydrogens is 188 g/mol. The highest BCUT2D eigenvalue weighted by atomic mass is 15.0. The Morgan fingerprint density at radius 3 is 2.87 bits per heavy atom. The SMILES string of the molecule is Cc1cnc(C)c(NCC(C)CCN)n1. The van der Waals surface area contributed by atoms with Crippen molar-refractivity contribution in [3.8, 4) is 0 Å². The zero-order valence-corrected chi connectivity index (χ0v) is 9.75. The van der Waals surface area contributed by atoms with Crippen LogP contribution in [-0.4, -0.2) is 23.1 Å². The van der Waals surface area contributed by atoms with Crippen LogP contribution in [-0.2, 0) is 0 Å². The third-order valence-corrected chi connectivity index (χ3v) is 2.35. The number of anilines is 1. The highest BCUT2D eigenvalue weighted by Gasteiger charge is 2.04. The van der Waals surface area contributed by atoms with Gasteiger partial charge in [0.05, 0.1) is 11.4 Å². The Balaban J connectivity index is 2.53. The van der Waals surface area contributed by atoms with Crippen LogP contribution in [0.4, 0.5) is 5.82 Å². The molecule has 0 aliphatic heterocycles. The van der Waals surface area contributed by atoms with Crippen molar-refractivity contribution >= 4 is 5.82 Å². The van der Waals surface area contributed by atoms with Gasteiger partial charge in [0.2, 0.25) is 0 Å². The smallest absolute Gasteiger partial charge is 0.147 e. The quantitative estimate of drug-likeness (QED) is 0.769. The van der Waals surface area contributed by atoms with Gasteiger partial charge in [0.15, 0.2) is 0 Å². The molecule has 1 unspecified atom stereocenters. The van der Waals surface area contributed by atoms with E-state index in [2.05, 4.69) is 22.2 Å². The van der Waals surface area contributed by atoms with Crippen molar-refractivity contribution in [3.63, 3.8) is 0 Å². The predicted octanol–water partition coefficient (Wildman–Crippen LogP) is 1.49. The minimum Gasteiger partial charge on any atom is -0.368 e. The molecule has 1 rings (SSSR count). The first-order valence-electron chi connectivity index (χ1n) is 5.37. The molecule has 0 aliphatic rings. The lowest BCUT2D eigenvalue weighted by molar-refractivity contribution is 0.567. The topological polar surface area (TPSA) is 63.8 Å². The molecule has 1 aromatic heterocycles. The summed E-state index contributed by atoms with van der Waals surface area (Å²) in [6.07, 6.45) is 2.81. The minimum atomic E-state index is 0.566. The van der Waals surface area contributed by atoms with E-state index in [1.54, 1.807) is 6.20 Å². The van der Waals surface area contributed by atoms with Crippen LogP contribution in [0.5, 0.6) is 0 Å². The molecular formula is C11H20N4. The average molecular weight is 208 g/mol. The molecule has 0 saturated heterocycles. The molecule has 0 bridgehead atoms. The fourth-order valence-electron chi connectivity index (χ4n) is 1.36. The standard InChI is InChI=1S/C11H20N4/c1-8(4-5-12)6-14-11-10(3)13-7-9(2)15-11/h7-8H,4-6,12H2,1-3H3,(H,14,15). The molecule has 0 saturated carbocycles. The molecule has 0 fully saturated rings. The average Bonchev–Trinajstić information content (AvgIpc) is 2.20. The lowest BCUT2D eigenvalue weighted by Gasteiger charge is -2.13. The summed E-state index contributed by atoms with van der Waals surface area (Å²) in [7, 11) is 0. The fourth-order valence-corrected chi connectivity index (χ4v) is 1.36. The van der Waals surface area contributed by atoms with Gasteiger partial charge in [-0.1, -0.05) is 6.92 Å². The molecule has 0 spiro atoms. The maximum Gasteiger partial charge on any atom is 0.147 e. The number of aryl methyl sites for hydroxylation is 2. The summed E-state index contributed by atoms with van der Waals surface area (Å²) in [5.74, 6) is 1.45. The van der Waals surface area contributed by atoms with Crippen molar-refractivity contribution in [1.82, 2.24) is 9.97 Å². The molecule has 84 valence electrons. The Bertz CT molecular complexity index is 311. The first-order valence-corrected chi connectivity index (χ1v) is 5.37. The zero-order chi connectivity index (χ0) is 11.3. The van der Waals surface area contributed by atoms with Crippen LogP contribution in [0.3, 0.4) is 0 Å². The summed E-state index contributed by atoms with van der Waals surface area (Å²) < 4.78 is 0. The number of nitrogens with two attached hydrogens (primary N) is 1. The summed E-state index contributed by atoms with van der Waals surface area (Å²) in [5, 5.41) is 3.31. The van der Waals surface area contributed by atoms with Gasteiger partial charge in [0, 0.05) is 12.7 Å². The van der Waals surface area contributed by atoms with E-state index in [0.29, 0.717) is 5.92 Å². The molecule has 0 radical (unpaired) electrons. The van der Waals surface area contributed by atoms with Gasteiger partial charge in [0.1, 0.15) is 5.82 Å². The van der Waals surface area contributed by atoms with Gasteiger partial charge >= 0.3 is 0 Å². The summed E-state index contributed by atoms with van der Waals surface area (Å²) >= 11 is 0. The van der Waals surface area contributed by atoms with Crippen LogP contribution in [0.15, 0.2) is 6.20 Å². The van der Waals surface area contributed by atoms with Crippen molar-refractivity contribution in [2.75, 3.05) is 18.4 Å². The maximum absolute atomic E-state index is 5.50. The summed E-state index contributed by atoms with van der Waals surface area (Å²) in [6, 6.07) is 0. The normalized spacial score (nSPS) is 12.5. The largest absolute Gasteiger partial charge is 0.368 e. The molecule has 1 atom stereocenters. The second-order valence-electron chi connectivity index (χ2n) is 4.01. The third-order valence-electron chi connectivity index (χ3n) is 2.35. The summed E-state index contributed by atoms with van der Waals surface area (Å²) in [4.78, 5) is 8.65. The van der Waals surface area contributed by atoms with Crippen molar-refractivity contribution in [1.29, 1.82) is 0 Å². The number of nitrogens with one attached hydrogen (secondary N) is 1. The van der Waals surface area contributed by atoms with E-state index in [4.69, 9.17) is 5.73 Å². The van der Waals surface area contributed by atoms with Gasteiger partial charge in [0.25, 0.3) is 0 Å². The van der Waals surface area contributed by atoms with E-state index in [1.807, 2.05) is 13.8 Å². The van der Waals surface area contributed by atoms with Crippen molar-refractivity contribution in [2.45, 2.75) is 27.2 Å². The van der Waals surface area contributed by atoms with Gasteiger partial charge < -0.3 is 11.1 Å². The van der Waals surface area contributed by atoms with E-state index in [-0.39, 0.29) is 0 Å². The Labute approximate surface area is 91.3 Å². The summed E-state index contributed by atoms with van der Waals surface area (Å²) in [5.41, 5.74) is 7.38. The van der Waals surface area contributed by atoms with Gasteiger partial charge in [-0.25, -0.2) is 4.98 Å². The zero-order valence-electron chi connectivity index (χ0n) is 9.75. The van der Waals surface area contributed by atoms with Crippen molar-refractivity contribution in [3.05, 3.63) is 17.6 Å². The second kappa shape index (κ2) is 5.66. The van der Waals surface area contributed by atoms with Crippen LogP contribution in [0.2, 0.25) is 0 Å². The van der Waals surface area contributed by atoms with Gasteiger partial charge in [-0.2, -0.15) is 0 Å². The molecule has 0 amide bonds. The summed E-state index contributed by atoms with van der Waals surface area (Å²) in [6.45, 7) is 7.72. The number of hydrogen-bond acceptors (Lipinski definition) is 4. The second-order valence-corrected chi connectivity index (χ2v) is 4.01. The highest BCUT2D eigenvalue weighted by molar-refractivity contribution is 5.39. The minimum absolute atomic E-state index is 0.566. The van der Waals surface area contributed by atoms with Crippen molar-refractivity contribution in [2.24, 2.45) is 11.7 Å². The molecule has 15 heavy (non-hydrogen) atoms. The van der Waals surface area contributed by atoms with Crippen LogP contribution in [0, 0.1) is 19.8 Å². The molecule has 1 heterocycles. The maximum atomic E-state index is 5.50. The van der Waals surface area contributed by atoms with Crippen LogP contribution in [0.25, 0.3) is 0 Å². The third kappa shape index (κ3) is 3.83. The Morgan fingerprint density at radius 2 is 2.20 bits per heavy atom. The lowest BCUT2D eigenvalue weighted by Crippen LogP contribution is -2.16. The van der Waals surface area contributed by atoms with E-state index in [1.165, 1.54) is 0 Å². The molecule has 0 aliphatic carbocycles. The molecule has 4 heteroatoms. The first kappa shape index (κ1) is 11.9. The first-order chi connectivity index (χ1) is 7.13. The molecule has 0 aromatic carbocycles. The van der Waals surface area contributed by atoms with Crippen LogP contribution >= 0.6 is 0 Å². The molecule has 4 nitrogen and oxygen atoms in total. The van der Waals surface area contributed by atoms with Crippen LogP contribution in [0.1, 0.15) is 24.7 Å². The lowest BCUT2D eigenvalue weighted by atomic mass is 10.1. The van der Waals surface area contributed by atoms with Gasteiger partial charge in [-0.15, -0.1) is 0 Å². The van der Waals surface area contributed by atoms with E-state index < -0.39 is 0 Å². The van der Waals surface area contributed by atoms with Crippen molar-refractivity contribution < 1.29 is 0 Å². The molecule has 1 aromatic rings. The van der Waals surface area contributed by atoms with Crippen LogP contribution < -0.4 is 11.1 Å². The number of nitrogens with zero attached hydrogens (tertiary/aromatic N) is 2. The van der Waals surface area contributed by atoms with Gasteiger partial charge in [-0.3, -0.25) is 4.98 Å². The highest BCUT2D eigenvalue weighted by Crippen LogP contribution is 2.10. The van der Waals surface area contributed by atoms with E-state index in [9.17, 15) is 0 Å². The number of rotatable bonds is 5. The van der Waals surface area contributed by atoms with Gasteiger partial charge in [-0.05, 0) is 32.7 Å². The fraction of sp³-hybridized carbons (Fsp3) is 0.636. The Morgan fingerprint density at radius 1 is 1.47 bits per heavy atom. The van der Waals surface area contributed by atoms with E-state index >= 15 is 0 Å².